The van der Waals surface area contributed by atoms with E-state index in [1.54, 1.807) is 0 Å². The Hall–Kier alpha value is -1.42. The summed E-state index contributed by atoms with van der Waals surface area (Å²) in [5.41, 5.74) is 1.19. The van der Waals surface area contributed by atoms with Crippen molar-refractivity contribution in [2.45, 2.75) is 81.1 Å². The van der Waals surface area contributed by atoms with Gasteiger partial charge in [-0.2, -0.15) is 0 Å². The van der Waals surface area contributed by atoms with Gasteiger partial charge in [0, 0.05) is 23.1 Å². The van der Waals surface area contributed by atoms with E-state index in [1.165, 1.54) is 69.8 Å². The highest BCUT2D eigenvalue weighted by Crippen LogP contribution is 2.50. The highest BCUT2D eigenvalue weighted by atomic mass is 32.2. The molecule has 1 heterocycles. The largest absolute Gasteiger partial charge is 0.484 e. The van der Waals surface area contributed by atoms with E-state index < -0.39 is 0 Å². The Kier molecular flexibility index (Phi) is 8.53. The van der Waals surface area contributed by atoms with Gasteiger partial charge in [0.2, 0.25) is 0 Å². The second-order valence-corrected chi connectivity index (χ2v) is 10.5. The molecule has 1 atom stereocenters. The van der Waals surface area contributed by atoms with Crippen LogP contribution in [-0.4, -0.2) is 40.5 Å². The number of carbonyl (C=O) groups excluding carboxylic acids is 1. The van der Waals surface area contributed by atoms with Gasteiger partial charge in [-0.3, -0.25) is 4.79 Å². The number of rotatable bonds is 7. The Labute approximate surface area is 181 Å². The molecule has 1 aromatic rings. The topological polar surface area (TPSA) is 29.5 Å². The van der Waals surface area contributed by atoms with E-state index in [2.05, 4.69) is 18.3 Å². The third-order valence-corrected chi connectivity index (χ3v) is 8.19. The fourth-order valence-corrected chi connectivity index (χ4v) is 6.63. The van der Waals surface area contributed by atoms with Crippen LogP contribution >= 0.6 is 11.8 Å². The molecule has 160 valence electrons. The van der Waals surface area contributed by atoms with Gasteiger partial charge >= 0.3 is 0 Å². The molecule has 1 saturated carbocycles. The van der Waals surface area contributed by atoms with E-state index in [1.807, 2.05) is 42.2 Å². The summed E-state index contributed by atoms with van der Waals surface area (Å²) in [6.45, 7) is 7.41. The first-order valence-electron chi connectivity index (χ1n) is 11.4. The van der Waals surface area contributed by atoms with Crippen molar-refractivity contribution in [3.05, 3.63) is 42.5 Å². The Morgan fingerprint density at radius 3 is 2.45 bits per heavy atom. The minimum atomic E-state index is 0.0569. The van der Waals surface area contributed by atoms with Gasteiger partial charge in [0.1, 0.15) is 5.75 Å². The molecule has 0 bridgehead atoms. The molecule has 2 aliphatic rings. The first-order valence-corrected chi connectivity index (χ1v) is 12.2. The van der Waals surface area contributed by atoms with Crippen LogP contribution in [0.5, 0.6) is 5.75 Å². The van der Waals surface area contributed by atoms with Gasteiger partial charge in [0.05, 0.1) is 0 Å². The number of benzene rings is 1. The van der Waals surface area contributed by atoms with Crippen molar-refractivity contribution in [3.63, 3.8) is 0 Å². The number of amides is 1. The minimum Gasteiger partial charge on any atom is -0.484 e. The summed E-state index contributed by atoms with van der Waals surface area (Å²) >= 11 is 2.18. The fourth-order valence-electron chi connectivity index (χ4n) is 4.67. The maximum Gasteiger partial charge on any atom is 0.260 e. The van der Waals surface area contributed by atoms with Gasteiger partial charge in [0.15, 0.2) is 6.61 Å². The molecule has 0 radical (unpaired) electrons. The highest BCUT2D eigenvalue weighted by Gasteiger charge is 2.39. The lowest BCUT2D eigenvalue weighted by Gasteiger charge is -2.30. The predicted molar refractivity (Wildman–Crippen MR) is 124 cm³/mol. The molecule has 1 unspecified atom stereocenters. The van der Waals surface area contributed by atoms with Crippen molar-refractivity contribution in [1.82, 2.24) is 4.90 Å². The summed E-state index contributed by atoms with van der Waals surface area (Å²) in [5, 5.41) is 0.541. The minimum absolute atomic E-state index is 0.0569. The zero-order valence-corrected chi connectivity index (χ0v) is 18.9. The summed E-state index contributed by atoms with van der Waals surface area (Å²) in [5.74, 6) is 0.809. The van der Waals surface area contributed by atoms with Crippen LogP contribution in [0.3, 0.4) is 0 Å². The summed E-state index contributed by atoms with van der Waals surface area (Å²) in [7, 11) is 0. The standard InChI is InChI=1S/C25H37NO2S/c1-3-18-26(24(27)20-28-22-12-10-21(2)11-13-22)19-23-14-17-25(29-23)15-8-6-4-5-7-9-16-25/h3,10-13,23H,1,4-9,14-20H2,2H3. The normalized spacial score (nSPS) is 21.8. The molecule has 4 heteroatoms. The molecule has 1 amide bonds. The van der Waals surface area contributed by atoms with Crippen LogP contribution in [0.15, 0.2) is 36.9 Å². The van der Waals surface area contributed by atoms with Crippen molar-refractivity contribution in [1.29, 1.82) is 0 Å². The zero-order chi connectivity index (χ0) is 20.5. The maximum absolute atomic E-state index is 12.8. The molecule has 2 fully saturated rings. The fraction of sp³-hybridized carbons (Fsp3) is 0.640. The molecule has 0 N–H and O–H groups in total. The average Bonchev–Trinajstić information content (AvgIpc) is 3.16. The molecule has 1 aliphatic carbocycles. The van der Waals surface area contributed by atoms with Crippen molar-refractivity contribution < 1.29 is 9.53 Å². The second-order valence-electron chi connectivity index (χ2n) is 8.77. The van der Waals surface area contributed by atoms with Crippen LogP contribution in [0.4, 0.5) is 0 Å². The van der Waals surface area contributed by atoms with E-state index in [0.29, 0.717) is 16.5 Å². The van der Waals surface area contributed by atoms with Crippen LogP contribution in [0, 0.1) is 6.92 Å². The van der Waals surface area contributed by atoms with Crippen molar-refractivity contribution in [3.8, 4) is 5.75 Å². The molecule has 1 spiro atoms. The van der Waals surface area contributed by atoms with E-state index in [-0.39, 0.29) is 12.5 Å². The maximum atomic E-state index is 12.8. The second kappa shape index (κ2) is 11.1. The molecule has 29 heavy (non-hydrogen) atoms. The lowest BCUT2D eigenvalue weighted by Crippen LogP contribution is -2.39. The summed E-state index contributed by atoms with van der Waals surface area (Å²) < 4.78 is 6.20. The van der Waals surface area contributed by atoms with Gasteiger partial charge in [-0.05, 0) is 44.7 Å². The first-order chi connectivity index (χ1) is 14.1. The van der Waals surface area contributed by atoms with Gasteiger partial charge in [-0.1, -0.05) is 62.3 Å². The van der Waals surface area contributed by atoms with Gasteiger partial charge in [0.25, 0.3) is 5.91 Å². The Morgan fingerprint density at radius 2 is 1.79 bits per heavy atom. The number of aryl methyl sites for hydroxylation is 1. The van der Waals surface area contributed by atoms with Crippen molar-refractivity contribution >= 4 is 17.7 Å². The van der Waals surface area contributed by atoms with Crippen LogP contribution in [-0.2, 0) is 4.79 Å². The van der Waals surface area contributed by atoms with Crippen molar-refractivity contribution in [2.24, 2.45) is 0 Å². The average molecular weight is 416 g/mol. The highest BCUT2D eigenvalue weighted by molar-refractivity contribution is 8.01. The van der Waals surface area contributed by atoms with Crippen LogP contribution in [0.1, 0.15) is 69.8 Å². The van der Waals surface area contributed by atoms with Crippen LogP contribution in [0.2, 0.25) is 0 Å². The van der Waals surface area contributed by atoms with Gasteiger partial charge in [-0.25, -0.2) is 0 Å². The number of nitrogens with zero attached hydrogens (tertiary/aromatic N) is 1. The molecular formula is C25H37NO2S. The number of ether oxygens (including phenoxy) is 1. The van der Waals surface area contributed by atoms with E-state index >= 15 is 0 Å². The number of thioether (sulfide) groups is 1. The predicted octanol–water partition coefficient (Wildman–Crippen LogP) is 6.16. The molecule has 1 saturated heterocycles. The van der Waals surface area contributed by atoms with Gasteiger partial charge in [-0.15, -0.1) is 18.3 Å². The zero-order valence-electron chi connectivity index (χ0n) is 18.0. The van der Waals surface area contributed by atoms with Crippen molar-refractivity contribution in [2.75, 3.05) is 19.7 Å². The number of hydrogen-bond acceptors (Lipinski definition) is 3. The van der Waals surface area contributed by atoms with E-state index in [4.69, 9.17) is 4.74 Å². The number of hydrogen-bond donors (Lipinski definition) is 0. The lowest BCUT2D eigenvalue weighted by atomic mass is 9.91. The van der Waals surface area contributed by atoms with Gasteiger partial charge < -0.3 is 9.64 Å². The Morgan fingerprint density at radius 1 is 1.14 bits per heavy atom. The third kappa shape index (κ3) is 6.80. The third-order valence-electron chi connectivity index (χ3n) is 6.36. The smallest absolute Gasteiger partial charge is 0.260 e. The Balaban J connectivity index is 1.53. The molecular weight excluding hydrogens is 378 g/mol. The molecule has 0 aromatic heterocycles. The SMILES string of the molecule is C=CCN(CC1CCC2(CCCCCCCC2)S1)C(=O)COc1ccc(C)cc1. The molecule has 3 nitrogen and oxygen atoms in total. The quantitative estimate of drug-likeness (QED) is 0.500. The molecule has 3 rings (SSSR count). The van der Waals surface area contributed by atoms with E-state index in [9.17, 15) is 4.79 Å². The molecule has 1 aliphatic heterocycles. The number of carbonyl (C=O) groups is 1. The van der Waals surface area contributed by atoms with E-state index in [0.717, 1.165) is 12.3 Å². The van der Waals surface area contributed by atoms with Crippen LogP contribution in [0.25, 0.3) is 0 Å². The monoisotopic (exact) mass is 415 g/mol. The summed E-state index contributed by atoms with van der Waals surface area (Å²) in [6, 6.07) is 7.86. The lowest BCUT2D eigenvalue weighted by molar-refractivity contribution is -0.132. The molecule has 1 aromatic carbocycles. The van der Waals surface area contributed by atoms with Crippen LogP contribution < -0.4 is 4.74 Å². The summed E-state index contributed by atoms with van der Waals surface area (Å²) in [6.07, 6.45) is 15.5. The first kappa shape index (κ1) is 22.3. The summed E-state index contributed by atoms with van der Waals surface area (Å²) in [4.78, 5) is 14.8. The Bertz CT molecular complexity index is 647.